The number of hydrogen-bond acceptors (Lipinski definition) is 5. The Balaban J connectivity index is 1.85. The number of nitrogens with two attached hydrogens (primary N) is 1. The molecule has 1 saturated carbocycles. The molecule has 1 fully saturated rings. The van der Waals surface area contributed by atoms with Gasteiger partial charge in [-0.05, 0) is 38.0 Å². The average Bonchev–Trinajstić information content (AvgIpc) is 3.37. The summed E-state index contributed by atoms with van der Waals surface area (Å²) in [7, 11) is 1.41. The molecule has 0 radical (unpaired) electrons. The lowest BCUT2D eigenvalue weighted by atomic mass is 10.0. The van der Waals surface area contributed by atoms with E-state index in [0.29, 0.717) is 29.8 Å². The number of aliphatic imine (C=N–C) groups is 1. The number of hydrogen-bond donors (Lipinski definition) is 2. The SMILES string of the molecule is COC(N)=NC1(c2cc(NC(=O)c3cnc(C)cn3)ccc2F)CC1. The number of nitrogens with one attached hydrogen (secondary N) is 1. The first-order valence-electron chi connectivity index (χ1n) is 7.73. The molecule has 0 saturated heterocycles. The minimum absolute atomic E-state index is 0.00117. The maximum absolute atomic E-state index is 14.3. The molecule has 0 aliphatic heterocycles. The Hall–Kier alpha value is -3.03. The lowest BCUT2D eigenvalue weighted by molar-refractivity contribution is 0.102. The van der Waals surface area contributed by atoms with Gasteiger partial charge < -0.3 is 15.8 Å². The first-order valence-corrected chi connectivity index (χ1v) is 7.73. The van der Waals surface area contributed by atoms with Crippen molar-refractivity contribution in [3.63, 3.8) is 0 Å². The Morgan fingerprint density at radius 3 is 2.72 bits per heavy atom. The molecule has 25 heavy (non-hydrogen) atoms. The summed E-state index contributed by atoms with van der Waals surface area (Å²) in [5.74, 6) is -0.826. The van der Waals surface area contributed by atoms with E-state index in [1.165, 1.54) is 31.6 Å². The third-order valence-electron chi connectivity index (χ3n) is 4.00. The van der Waals surface area contributed by atoms with E-state index in [2.05, 4.69) is 20.3 Å². The number of benzene rings is 1. The smallest absolute Gasteiger partial charge is 0.282 e. The fourth-order valence-corrected chi connectivity index (χ4v) is 2.48. The Morgan fingerprint density at radius 2 is 2.12 bits per heavy atom. The van der Waals surface area contributed by atoms with Gasteiger partial charge in [-0.2, -0.15) is 0 Å². The molecule has 1 aliphatic rings. The molecule has 1 aromatic carbocycles. The molecule has 1 aromatic heterocycles. The van der Waals surface area contributed by atoms with Gasteiger partial charge in [0.1, 0.15) is 11.5 Å². The van der Waals surface area contributed by atoms with Gasteiger partial charge in [-0.25, -0.2) is 14.4 Å². The van der Waals surface area contributed by atoms with Gasteiger partial charge in [0.25, 0.3) is 11.9 Å². The van der Waals surface area contributed by atoms with Crippen molar-refractivity contribution in [2.45, 2.75) is 25.3 Å². The summed E-state index contributed by atoms with van der Waals surface area (Å²) in [5.41, 5.74) is 6.60. The van der Waals surface area contributed by atoms with Crippen molar-refractivity contribution in [2.75, 3.05) is 12.4 Å². The summed E-state index contributed by atoms with van der Waals surface area (Å²) in [4.78, 5) is 24.5. The number of halogens is 1. The second-order valence-corrected chi connectivity index (χ2v) is 5.88. The largest absolute Gasteiger partial charge is 0.469 e. The van der Waals surface area contributed by atoms with Crippen molar-refractivity contribution in [1.82, 2.24) is 9.97 Å². The second-order valence-electron chi connectivity index (χ2n) is 5.88. The maximum Gasteiger partial charge on any atom is 0.282 e. The van der Waals surface area contributed by atoms with Gasteiger partial charge in [0, 0.05) is 17.4 Å². The van der Waals surface area contributed by atoms with Crippen molar-refractivity contribution >= 4 is 17.6 Å². The number of methoxy groups -OCH3 is 1. The van der Waals surface area contributed by atoms with Crippen LogP contribution in [-0.4, -0.2) is 29.0 Å². The summed E-state index contributed by atoms with van der Waals surface area (Å²) in [6, 6.07) is 4.34. The molecule has 0 bridgehead atoms. The number of anilines is 1. The molecule has 1 heterocycles. The average molecular weight is 343 g/mol. The molecule has 8 heteroatoms. The Morgan fingerprint density at radius 1 is 1.36 bits per heavy atom. The molecule has 0 atom stereocenters. The number of rotatable bonds is 4. The highest BCUT2D eigenvalue weighted by atomic mass is 19.1. The van der Waals surface area contributed by atoms with Crippen LogP contribution in [0.25, 0.3) is 0 Å². The Kier molecular flexibility index (Phi) is 4.35. The molecular formula is C17H18FN5O2. The summed E-state index contributed by atoms with van der Waals surface area (Å²) in [6.45, 7) is 1.78. The third kappa shape index (κ3) is 3.57. The zero-order chi connectivity index (χ0) is 18.0. The van der Waals surface area contributed by atoms with Gasteiger partial charge in [0.15, 0.2) is 0 Å². The number of aromatic nitrogens is 2. The number of carbonyl (C=O) groups is 1. The van der Waals surface area contributed by atoms with Crippen LogP contribution in [0, 0.1) is 12.7 Å². The van der Waals surface area contributed by atoms with Gasteiger partial charge in [0.05, 0.1) is 24.5 Å². The molecule has 1 amide bonds. The number of ether oxygens (including phenoxy) is 1. The summed E-state index contributed by atoms with van der Waals surface area (Å²) < 4.78 is 19.1. The molecule has 7 nitrogen and oxygen atoms in total. The highest BCUT2D eigenvalue weighted by Gasteiger charge is 2.47. The first-order chi connectivity index (χ1) is 11.9. The van der Waals surface area contributed by atoms with E-state index in [-0.39, 0.29) is 11.7 Å². The fraction of sp³-hybridized carbons (Fsp3) is 0.294. The van der Waals surface area contributed by atoms with E-state index in [1.54, 1.807) is 13.0 Å². The topological polar surface area (TPSA) is 102 Å². The predicted octanol–water partition coefficient (Wildman–Crippen LogP) is 2.13. The highest BCUT2D eigenvalue weighted by Crippen LogP contribution is 2.50. The Bertz CT molecular complexity index is 831. The highest BCUT2D eigenvalue weighted by molar-refractivity contribution is 6.02. The lowest BCUT2D eigenvalue weighted by Crippen LogP contribution is -2.19. The van der Waals surface area contributed by atoms with Crippen molar-refractivity contribution in [3.05, 3.63) is 53.4 Å². The third-order valence-corrected chi connectivity index (χ3v) is 4.00. The normalized spacial score (nSPS) is 15.6. The van der Waals surface area contributed by atoms with Crippen molar-refractivity contribution in [1.29, 1.82) is 0 Å². The number of nitrogens with zero attached hydrogens (tertiary/aromatic N) is 3. The molecule has 2 aromatic rings. The lowest BCUT2D eigenvalue weighted by Gasteiger charge is -2.14. The zero-order valence-corrected chi connectivity index (χ0v) is 13.9. The van der Waals surface area contributed by atoms with E-state index in [4.69, 9.17) is 10.5 Å². The van der Waals surface area contributed by atoms with Crippen LogP contribution in [0.4, 0.5) is 10.1 Å². The molecular weight excluding hydrogens is 325 g/mol. The minimum Gasteiger partial charge on any atom is -0.469 e. The van der Waals surface area contributed by atoms with Gasteiger partial charge in [-0.1, -0.05) is 0 Å². The molecule has 130 valence electrons. The molecule has 1 aliphatic carbocycles. The fourth-order valence-electron chi connectivity index (χ4n) is 2.48. The van der Waals surface area contributed by atoms with Crippen molar-refractivity contribution in [3.8, 4) is 0 Å². The standard InChI is InChI=1S/C17H18FN5O2/c1-10-8-21-14(9-20-10)15(24)22-11-3-4-13(18)12(7-11)17(5-6-17)23-16(19)25-2/h3-4,7-9H,5-6H2,1-2H3,(H2,19,23)(H,22,24). The monoisotopic (exact) mass is 343 g/mol. The van der Waals surface area contributed by atoms with E-state index < -0.39 is 17.3 Å². The van der Waals surface area contributed by atoms with Crippen LogP contribution < -0.4 is 11.1 Å². The van der Waals surface area contributed by atoms with E-state index in [9.17, 15) is 9.18 Å². The number of amidine groups is 1. The molecule has 0 unspecified atom stereocenters. The second kappa shape index (κ2) is 6.46. The molecule has 3 rings (SSSR count). The van der Waals surface area contributed by atoms with Crippen LogP contribution in [0.1, 0.15) is 34.6 Å². The maximum atomic E-state index is 14.3. The van der Waals surface area contributed by atoms with E-state index >= 15 is 0 Å². The first kappa shape index (κ1) is 16.8. The van der Waals surface area contributed by atoms with Gasteiger partial charge in [-0.3, -0.25) is 9.78 Å². The summed E-state index contributed by atoms with van der Waals surface area (Å²) in [6.07, 6.45) is 4.22. The van der Waals surface area contributed by atoms with Crippen LogP contribution in [0.3, 0.4) is 0 Å². The van der Waals surface area contributed by atoms with Crippen LogP contribution in [0.5, 0.6) is 0 Å². The van der Waals surface area contributed by atoms with Gasteiger partial charge in [0.2, 0.25) is 0 Å². The predicted molar refractivity (Wildman–Crippen MR) is 90.7 cm³/mol. The molecule has 0 spiro atoms. The van der Waals surface area contributed by atoms with Gasteiger partial charge in [-0.15, -0.1) is 0 Å². The quantitative estimate of drug-likeness (QED) is 0.654. The number of aryl methyl sites for hydroxylation is 1. The Labute approximate surface area is 144 Å². The van der Waals surface area contributed by atoms with E-state index in [1.807, 2.05) is 0 Å². The van der Waals surface area contributed by atoms with Crippen molar-refractivity contribution in [2.24, 2.45) is 10.7 Å². The summed E-state index contributed by atoms with van der Waals surface area (Å²) in [5, 5.41) is 2.69. The number of carbonyl (C=O) groups excluding carboxylic acids is 1. The minimum atomic E-state index is -0.728. The van der Waals surface area contributed by atoms with E-state index in [0.717, 1.165) is 0 Å². The van der Waals surface area contributed by atoms with Crippen LogP contribution in [-0.2, 0) is 10.3 Å². The summed E-state index contributed by atoms with van der Waals surface area (Å²) >= 11 is 0. The molecule has 3 N–H and O–H groups in total. The van der Waals surface area contributed by atoms with Gasteiger partial charge >= 0.3 is 0 Å². The number of amides is 1. The zero-order valence-electron chi connectivity index (χ0n) is 13.9. The van der Waals surface area contributed by atoms with Crippen LogP contribution in [0.15, 0.2) is 35.6 Å². The van der Waals surface area contributed by atoms with Crippen LogP contribution in [0.2, 0.25) is 0 Å². The van der Waals surface area contributed by atoms with Crippen molar-refractivity contribution < 1.29 is 13.9 Å². The van der Waals surface area contributed by atoms with Crippen LogP contribution >= 0.6 is 0 Å².